The minimum atomic E-state index is -0.979. The van der Waals surface area contributed by atoms with Crippen LogP contribution in [0.3, 0.4) is 0 Å². The average molecular weight is 274 g/mol. The van der Waals surface area contributed by atoms with Crippen LogP contribution < -0.4 is 5.32 Å². The highest BCUT2D eigenvalue weighted by molar-refractivity contribution is 5.89. The maximum atomic E-state index is 12.0. The number of carbonyl (C=O) groups excluding carboxylic acids is 1. The minimum Gasteiger partial charge on any atom is -0.478 e. The van der Waals surface area contributed by atoms with Crippen molar-refractivity contribution < 1.29 is 14.7 Å². The number of anilines is 1. The van der Waals surface area contributed by atoms with Gasteiger partial charge < -0.3 is 15.3 Å². The predicted molar refractivity (Wildman–Crippen MR) is 77.6 cm³/mol. The van der Waals surface area contributed by atoms with Gasteiger partial charge in [0.15, 0.2) is 0 Å². The maximum absolute atomic E-state index is 12.0. The lowest BCUT2D eigenvalue weighted by molar-refractivity contribution is -0.131. The summed E-state index contributed by atoms with van der Waals surface area (Å²) in [6.45, 7) is 1.62. The topological polar surface area (TPSA) is 69.6 Å². The van der Waals surface area contributed by atoms with E-state index in [1.54, 1.807) is 24.3 Å². The number of benzene rings is 1. The third kappa shape index (κ3) is 4.12. The fraction of sp³-hybridized carbons (Fsp3) is 0.333. The summed E-state index contributed by atoms with van der Waals surface area (Å²) in [6.07, 6.45) is 5.91. The fourth-order valence-corrected chi connectivity index (χ4v) is 2.14. The normalized spacial score (nSPS) is 15.3. The fourth-order valence-electron chi connectivity index (χ4n) is 2.14. The molecule has 1 aromatic carbocycles. The first-order valence-electron chi connectivity index (χ1n) is 6.72. The standard InChI is InChI=1S/C15H18N2O3/c18-14(19)9-6-12-4-7-13(8-5-12)16-15(20)17-10-2-1-3-11-17/h4-9H,1-3,10-11H2,(H,16,20)(H,18,19). The summed E-state index contributed by atoms with van der Waals surface area (Å²) in [4.78, 5) is 24.2. The van der Waals surface area contributed by atoms with Crippen LogP contribution in [-0.4, -0.2) is 35.1 Å². The lowest BCUT2D eigenvalue weighted by Gasteiger charge is -2.26. The molecule has 0 aromatic heterocycles. The molecule has 106 valence electrons. The van der Waals surface area contributed by atoms with Crippen LogP contribution in [-0.2, 0) is 4.79 Å². The summed E-state index contributed by atoms with van der Waals surface area (Å²) < 4.78 is 0. The second kappa shape index (κ2) is 6.75. The molecule has 5 nitrogen and oxygen atoms in total. The van der Waals surface area contributed by atoms with Gasteiger partial charge in [-0.05, 0) is 43.0 Å². The van der Waals surface area contributed by atoms with Crippen molar-refractivity contribution in [1.82, 2.24) is 4.90 Å². The van der Waals surface area contributed by atoms with E-state index in [1.165, 1.54) is 12.5 Å². The van der Waals surface area contributed by atoms with Gasteiger partial charge in [-0.3, -0.25) is 0 Å². The minimum absolute atomic E-state index is 0.0708. The third-order valence-electron chi connectivity index (χ3n) is 3.22. The molecule has 0 unspecified atom stereocenters. The molecule has 1 heterocycles. The number of likely N-dealkylation sites (tertiary alicyclic amines) is 1. The number of amides is 2. The summed E-state index contributed by atoms with van der Waals surface area (Å²) in [5.74, 6) is -0.979. The first-order chi connectivity index (χ1) is 9.65. The van der Waals surface area contributed by atoms with Crippen molar-refractivity contribution >= 4 is 23.8 Å². The number of hydrogen-bond donors (Lipinski definition) is 2. The van der Waals surface area contributed by atoms with Gasteiger partial charge in [-0.15, -0.1) is 0 Å². The number of nitrogens with zero attached hydrogens (tertiary/aromatic N) is 1. The Morgan fingerprint density at radius 3 is 2.35 bits per heavy atom. The lowest BCUT2D eigenvalue weighted by atomic mass is 10.1. The van der Waals surface area contributed by atoms with Crippen LogP contribution in [0.1, 0.15) is 24.8 Å². The molecule has 2 amide bonds. The maximum Gasteiger partial charge on any atom is 0.328 e. The summed E-state index contributed by atoms with van der Waals surface area (Å²) in [6, 6.07) is 7.00. The molecule has 0 bridgehead atoms. The summed E-state index contributed by atoms with van der Waals surface area (Å²) >= 11 is 0. The van der Waals surface area contributed by atoms with Crippen molar-refractivity contribution in [2.75, 3.05) is 18.4 Å². The highest BCUT2D eigenvalue weighted by Gasteiger charge is 2.15. The van der Waals surface area contributed by atoms with Crippen LogP contribution in [0.15, 0.2) is 30.3 Å². The van der Waals surface area contributed by atoms with Crippen LogP contribution >= 0.6 is 0 Å². The molecule has 5 heteroatoms. The first kappa shape index (κ1) is 14.1. The van der Waals surface area contributed by atoms with Gasteiger partial charge in [-0.2, -0.15) is 0 Å². The van der Waals surface area contributed by atoms with Crippen molar-refractivity contribution in [2.45, 2.75) is 19.3 Å². The Labute approximate surface area is 117 Å². The molecule has 1 aliphatic heterocycles. The molecular weight excluding hydrogens is 256 g/mol. The zero-order valence-corrected chi connectivity index (χ0v) is 11.2. The van der Waals surface area contributed by atoms with Gasteiger partial charge in [0.1, 0.15) is 0 Å². The van der Waals surface area contributed by atoms with Gasteiger partial charge in [0.2, 0.25) is 0 Å². The molecule has 0 aliphatic carbocycles. The van der Waals surface area contributed by atoms with Crippen LogP contribution in [0.25, 0.3) is 6.08 Å². The second-order valence-electron chi connectivity index (χ2n) is 4.77. The number of rotatable bonds is 3. The molecule has 1 saturated heterocycles. The van der Waals surface area contributed by atoms with Crippen LogP contribution in [0, 0.1) is 0 Å². The molecule has 0 saturated carbocycles. The van der Waals surface area contributed by atoms with Crippen molar-refractivity contribution in [3.63, 3.8) is 0 Å². The van der Waals surface area contributed by atoms with Gasteiger partial charge in [0.05, 0.1) is 0 Å². The van der Waals surface area contributed by atoms with Crippen molar-refractivity contribution in [3.8, 4) is 0 Å². The monoisotopic (exact) mass is 274 g/mol. The van der Waals surface area contributed by atoms with E-state index < -0.39 is 5.97 Å². The largest absolute Gasteiger partial charge is 0.478 e. The van der Waals surface area contributed by atoms with Crippen molar-refractivity contribution in [1.29, 1.82) is 0 Å². The molecule has 1 aliphatic rings. The van der Waals surface area contributed by atoms with E-state index in [-0.39, 0.29) is 6.03 Å². The Morgan fingerprint density at radius 2 is 1.75 bits per heavy atom. The third-order valence-corrected chi connectivity index (χ3v) is 3.22. The number of carboxylic acid groups (broad SMARTS) is 1. The van der Waals surface area contributed by atoms with Gasteiger partial charge in [-0.1, -0.05) is 12.1 Å². The van der Waals surface area contributed by atoms with E-state index in [2.05, 4.69) is 5.32 Å². The highest BCUT2D eigenvalue weighted by atomic mass is 16.4. The van der Waals surface area contributed by atoms with Crippen LogP contribution in [0.2, 0.25) is 0 Å². The molecule has 0 atom stereocenters. The van der Waals surface area contributed by atoms with E-state index in [0.717, 1.165) is 37.6 Å². The van der Waals surface area contributed by atoms with Crippen molar-refractivity contribution in [2.24, 2.45) is 0 Å². The molecule has 2 N–H and O–H groups in total. The molecule has 1 aromatic rings. The van der Waals surface area contributed by atoms with E-state index in [0.29, 0.717) is 5.69 Å². The second-order valence-corrected chi connectivity index (χ2v) is 4.77. The number of urea groups is 1. The number of carboxylic acids is 1. The molecule has 0 spiro atoms. The molecule has 20 heavy (non-hydrogen) atoms. The molecular formula is C15H18N2O3. The van der Waals surface area contributed by atoms with Crippen LogP contribution in [0.4, 0.5) is 10.5 Å². The van der Waals surface area contributed by atoms with Gasteiger partial charge >= 0.3 is 12.0 Å². The van der Waals surface area contributed by atoms with Gasteiger partial charge in [0, 0.05) is 24.9 Å². The van der Waals surface area contributed by atoms with E-state index in [9.17, 15) is 9.59 Å². The Kier molecular flexibility index (Phi) is 4.76. The molecule has 0 radical (unpaired) electrons. The lowest BCUT2D eigenvalue weighted by Crippen LogP contribution is -2.38. The molecule has 1 fully saturated rings. The molecule has 2 rings (SSSR count). The smallest absolute Gasteiger partial charge is 0.328 e. The zero-order chi connectivity index (χ0) is 14.4. The number of nitrogens with one attached hydrogen (secondary N) is 1. The van der Waals surface area contributed by atoms with Crippen LogP contribution in [0.5, 0.6) is 0 Å². The number of carbonyl (C=O) groups is 2. The van der Waals surface area contributed by atoms with Gasteiger partial charge in [-0.25, -0.2) is 9.59 Å². The van der Waals surface area contributed by atoms with E-state index in [1.807, 2.05) is 4.90 Å². The van der Waals surface area contributed by atoms with Gasteiger partial charge in [0.25, 0.3) is 0 Å². The number of aliphatic carboxylic acids is 1. The highest BCUT2D eigenvalue weighted by Crippen LogP contribution is 2.14. The van der Waals surface area contributed by atoms with Crippen molar-refractivity contribution in [3.05, 3.63) is 35.9 Å². The van der Waals surface area contributed by atoms with E-state index in [4.69, 9.17) is 5.11 Å². The summed E-state index contributed by atoms with van der Waals surface area (Å²) in [5, 5.41) is 11.4. The Balaban J connectivity index is 1.92. The zero-order valence-electron chi connectivity index (χ0n) is 11.2. The summed E-state index contributed by atoms with van der Waals surface area (Å²) in [7, 11) is 0. The Bertz CT molecular complexity index is 502. The quantitative estimate of drug-likeness (QED) is 0.833. The average Bonchev–Trinajstić information content (AvgIpc) is 2.47. The summed E-state index contributed by atoms with van der Waals surface area (Å²) in [5.41, 5.74) is 1.50. The Morgan fingerprint density at radius 1 is 1.10 bits per heavy atom. The number of piperidine rings is 1. The first-order valence-corrected chi connectivity index (χ1v) is 6.72. The predicted octanol–water partition coefficient (Wildman–Crippen LogP) is 2.80. The SMILES string of the molecule is O=C(O)C=Cc1ccc(NC(=O)N2CCCCC2)cc1. The number of hydrogen-bond acceptors (Lipinski definition) is 2. The van der Waals surface area contributed by atoms with E-state index >= 15 is 0 Å². The Hall–Kier alpha value is -2.30.